The van der Waals surface area contributed by atoms with Gasteiger partial charge < -0.3 is 5.73 Å². The zero-order valence-corrected chi connectivity index (χ0v) is 14.2. The van der Waals surface area contributed by atoms with Crippen molar-refractivity contribution in [2.45, 2.75) is 39.3 Å². The Labute approximate surface area is 134 Å². The number of hydrogen-bond acceptors (Lipinski definition) is 3. The smallest absolute Gasteiger partial charge is 0.0472 e. The minimum absolute atomic E-state index is 0.280. The average Bonchev–Trinajstić information content (AvgIpc) is 2.51. The molecule has 3 nitrogen and oxygen atoms in total. The van der Waals surface area contributed by atoms with Crippen LogP contribution in [0.4, 0.5) is 0 Å². The molecule has 2 atom stereocenters. The summed E-state index contributed by atoms with van der Waals surface area (Å²) < 4.78 is 0. The molecule has 2 N–H and O–H groups in total. The van der Waals surface area contributed by atoms with Crippen molar-refractivity contribution in [3.8, 4) is 0 Å². The Kier molecular flexibility index (Phi) is 6.06. The lowest BCUT2D eigenvalue weighted by Gasteiger charge is -2.41. The second kappa shape index (κ2) is 7.59. The molecule has 21 heavy (non-hydrogen) atoms. The molecule has 1 aliphatic rings. The van der Waals surface area contributed by atoms with Gasteiger partial charge >= 0.3 is 0 Å². The number of aryl methyl sites for hydroxylation is 1. The van der Waals surface area contributed by atoms with Gasteiger partial charge in [0.2, 0.25) is 0 Å². The number of nitrogens with two attached hydrogens (primary N) is 1. The van der Waals surface area contributed by atoms with Crippen LogP contribution in [0.1, 0.15) is 37.4 Å². The van der Waals surface area contributed by atoms with E-state index in [0.717, 1.165) is 36.8 Å². The number of piperazine rings is 1. The largest absolute Gasteiger partial charge is 0.329 e. The molecule has 0 radical (unpaired) electrons. The molecular weight excluding hydrogens is 282 g/mol. The molecule has 1 aromatic rings. The lowest BCUT2D eigenvalue weighted by Crippen LogP contribution is -2.51. The predicted octanol–water partition coefficient (Wildman–Crippen LogP) is 3.06. The summed E-state index contributed by atoms with van der Waals surface area (Å²) in [6.07, 6.45) is 1.22. The number of benzene rings is 1. The minimum atomic E-state index is 0.280. The van der Waals surface area contributed by atoms with Gasteiger partial charge in [-0.2, -0.15) is 0 Å². The molecule has 0 amide bonds. The van der Waals surface area contributed by atoms with E-state index < -0.39 is 0 Å². The van der Waals surface area contributed by atoms with Gasteiger partial charge in [-0.3, -0.25) is 9.80 Å². The third-order valence-electron chi connectivity index (χ3n) is 4.81. The van der Waals surface area contributed by atoms with Crippen LogP contribution in [-0.2, 0) is 0 Å². The van der Waals surface area contributed by atoms with Crippen molar-refractivity contribution in [1.82, 2.24) is 9.80 Å². The van der Waals surface area contributed by atoms with Gasteiger partial charge in [0.15, 0.2) is 0 Å². The highest BCUT2D eigenvalue weighted by Gasteiger charge is 2.25. The molecular formula is C17H28ClN3. The van der Waals surface area contributed by atoms with Crippen LogP contribution in [-0.4, -0.2) is 48.6 Å². The summed E-state index contributed by atoms with van der Waals surface area (Å²) in [6, 6.07) is 7.30. The summed E-state index contributed by atoms with van der Waals surface area (Å²) in [5.74, 6) is 0. The van der Waals surface area contributed by atoms with E-state index in [1.807, 2.05) is 6.92 Å². The van der Waals surface area contributed by atoms with Gasteiger partial charge in [-0.15, -0.1) is 0 Å². The maximum atomic E-state index is 6.27. The zero-order valence-electron chi connectivity index (χ0n) is 13.5. The first-order valence-electron chi connectivity index (χ1n) is 8.01. The number of rotatable bonds is 5. The number of hydrogen-bond donors (Lipinski definition) is 1. The maximum Gasteiger partial charge on any atom is 0.0472 e. The van der Waals surface area contributed by atoms with Gasteiger partial charge in [0, 0.05) is 49.8 Å². The molecule has 0 aromatic heterocycles. The molecule has 0 saturated carbocycles. The van der Waals surface area contributed by atoms with E-state index in [9.17, 15) is 0 Å². The minimum Gasteiger partial charge on any atom is -0.329 e. The predicted molar refractivity (Wildman–Crippen MR) is 90.9 cm³/mol. The second-order valence-electron chi connectivity index (χ2n) is 6.09. The van der Waals surface area contributed by atoms with Gasteiger partial charge in [-0.1, -0.05) is 30.7 Å². The van der Waals surface area contributed by atoms with E-state index >= 15 is 0 Å². The summed E-state index contributed by atoms with van der Waals surface area (Å²) in [6.45, 7) is 11.7. The van der Waals surface area contributed by atoms with Crippen LogP contribution in [0, 0.1) is 6.92 Å². The van der Waals surface area contributed by atoms with Crippen LogP contribution < -0.4 is 5.73 Å². The van der Waals surface area contributed by atoms with Gasteiger partial charge in [0.25, 0.3) is 0 Å². The summed E-state index contributed by atoms with van der Waals surface area (Å²) in [7, 11) is 0. The number of halogens is 1. The molecule has 0 spiro atoms. The fourth-order valence-corrected chi connectivity index (χ4v) is 3.25. The molecule has 1 aromatic carbocycles. The molecule has 0 bridgehead atoms. The van der Waals surface area contributed by atoms with E-state index in [0.29, 0.717) is 12.6 Å². The lowest BCUT2D eigenvalue weighted by molar-refractivity contribution is 0.0743. The highest BCUT2D eigenvalue weighted by atomic mass is 35.5. The fourth-order valence-electron chi connectivity index (χ4n) is 3.06. The van der Waals surface area contributed by atoms with E-state index in [1.165, 1.54) is 12.0 Å². The second-order valence-corrected chi connectivity index (χ2v) is 6.50. The SMILES string of the molecule is CCC(C)N1CCN(C(CN)c2ccc(C)c(Cl)c2)CC1. The molecule has 2 unspecified atom stereocenters. The van der Waals surface area contributed by atoms with Crippen LogP contribution in [0.5, 0.6) is 0 Å². The van der Waals surface area contributed by atoms with Crippen molar-refractivity contribution in [1.29, 1.82) is 0 Å². The zero-order chi connectivity index (χ0) is 15.4. The van der Waals surface area contributed by atoms with E-state index in [1.54, 1.807) is 0 Å². The van der Waals surface area contributed by atoms with Crippen molar-refractivity contribution in [2.75, 3.05) is 32.7 Å². The summed E-state index contributed by atoms with van der Waals surface area (Å²) >= 11 is 6.27. The maximum absolute atomic E-state index is 6.27. The average molecular weight is 310 g/mol. The molecule has 1 saturated heterocycles. The summed E-state index contributed by atoms with van der Waals surface area (Å²) in [5, 5.41) is 0.837. The van der Waals surface area contributed by atoms with Crippen LogP contribution in [0.15, 0.2) is 18.2 Å². The lowest BCUT2D eigenvalue weighted by atomic mass is 10.0. The molecule has 1 fully saturated rings. The Balaban J connectivity index is 2.04. The van der Waals surface area contributed by atoms with Gasteiger partial charge in [-0.05, 0) is 37.5 Å². The van der Waals surface area contributed by atoms with Gasteiger partial charge in [0.1, 0.15) is 0 Å². The topological polar surface area (TPSA) is 32.5 Å². The van der Waals surface area contributed by atoms with Gasteiger partial charge in [-0.25, -0.2) is 0 Å². The quantitative estimate of drug-likeness (QED) is 0.907. The first-order valence-corrected chi connectivity index (χ1v) is 8.38. The first kappa shape index (κ1) is 16.8. The molecule has 118 valence electrons. The van der Waals surface area contributed by atoms with Gasteiger partial charge in [0.05, 0.1) is 0 Å². The molecule has 4 heteroatoms. The first-order chi connectivity index (χ1) is 10.1. The van der Waals surface area contributed by atoms with Crippen LogP contribution in [0.2, 0.25) is 5.02 Å². The summed E-state index contributed by atoms with van der Waals surface area (Å²) in [4.78, 5) is 5.08. The molecule has 1 heterocycles. The Morgan fingerprint density at radius 2 is 1.81 bits per heavy atom. The highest BCUT2D eigenvalue weighted by molar-refractivity contribution is 6.31. The van der Waals surface area contributed by atoms with Crippen molar-refractivity contribution >= 4 is 11.6 Å². The Bertz CT molecular complexity index is 455. The van der Waals surface area contributed by atoms with E-state index in [4.69, 9.17) is 17.3 Å². The monoisotopic (exact) mass is 309 g/mol. The van der Waals surface area contributed by atoms with Crippen molar-refractivity contribution < 1.29 is 0 Å². The third kappa shape index (κ3) is 3.98. The van der Waals surface area contributed by atoms with E-state index in [-0.39, 0.29) is 6.04 Å². The normalized spacial score (nSPS) is 20.4. The van der Waals surface area contributed by atoms with Crippen molar-refractivity contribution in [2.24, 2.45) is 5.73 Å². The summed E-state index contributed by atoms with van der Waals surface area (Å²) in [5.41, 5.74) is 8.41. The molecule has 0 aliphatic carbocycles. The Morgan fingerprint density at radius 1 is 1.19 bits per heavy atom. The molecule has 2 rings (SSSR count). The van der Waals surface area contributed by atoms with Crippen LogP contribution in [0.3, 0.4) is 0 Å². The molecule has 1 aliphatic heterocycles. The van der Waals surface area contributed by atoms with Crippen LogP contribution in [0.25, 0.3) is 0 Å². The Hall–Kier alpha value is -0.610. The Morgan fingerprint density at radius 3 is 2.33 bits per heavy atom. The van der Waals surface area contributed by atoms with Crippen molar-refractivity contribution in [3.05, 3.63) is 34.3 Å². The third-order valence-corrected chi connectivity index (χ3v) is 5.21. The van der Waals surface area contributed by atoms with Crippen molar-refractivity contribution in [3.63, 3.8) is 0 Å². The highest BCUT2D eigenvalue weighted by Crippen LogP contribution is 2.26. The van der Waals surface area contributed by atoms with Crippen LogP contribution >= 0.6 is 11.6 Å². The number of nitrogens with zero attached hydrogens (tertiary/aromatic N) is 2. The fraction of sp³-hybridized carbons (Fsp3) is 0.647. The standard InChI is InChI=1S/C17H28ClN3/c1-4-14(3)20-7-9-21(10-8-20)17(12-19)15-6-5-13(2)16(18)11-15/h5-6,11,14,17H,4,7-10,12,19H2,1-3H3. The van der Waals surface area contributed by atoms with E-state index in [2.05, 4.69) is 41.8 Å².